The second-order valence-electron chi connectivity index (χ2n) is 6.86. The Hall–Kier alpha value is -2.34. The standard InChI is InChI=1S/C19H24N4O2/c24-19(23-9-3-5-15(13-23)17-7-8-20-21-17)14-22-10-11-25-18-6-2-1-4-16(18)12-22/h1-2,4,6-8,15H,3,5,9-14H2,(H,20,21). The van der Waals surface area contributed by atoms with Crippen LogP contribution in [0.2, 0.25) is 0 Å². The highest BCUT2D eigenvalue weighted by molar-refractivity contribution is 5.78. The number of benzene rings is 1. The van der Waals surface area contributed by atoms with Crippen molar-refractivity contribution >= 4 is 5.91 Å². The number of ether oxygens (including phenoxy) is 1. The minimum Gasteiger partial charge on any atom is -0.492 e. The Morgan fingerprint density at radius 1 is 1.28 bits per heavy atom. The number of nitrogens with zero attached hydrogens (tertiary/aromatic N) is 3. The molecule has 1 saturated heterocycles. The van der Waals surface area contributed by atoms with Crippen molar-refractivity contribution in [1.29, 1.82) is 0 Å². The van der Waals surface area contributed by atoms with Crippen molar-refractivity contribution in [1.82, 2.24) is 20.0 Å². The molecule has 1 unspecified atom stereocenters. The summed E-state index contributed by atoms with van der Waals surface area (Å²) in [5, 5.41) is 7.09. The molecular formula is C19H24N4O2. The molecule has 2 aliphatic heterocycles. The molecule has 0 spiro atoms. The van der Waals surface area contributed by atoms with Gasteiger partial charge in [0.15, 0.2) is 0 Å². The van der Waals surface area contributed by atoms with Crippen LogP contribution in [0.25, 0.3) is 0 Å². The zero-order valence-corrected chi connectivity index (χ0v) is 14.4. The normalized spacial score (nSPS) is 21.3. The van der Waals surface area contributed by atoms with Crippen LogP contribution in [0.5, 0.6) is 5.75 Å². The molecular weight excluding hydrogens is 316 g/mol. The van der Waals surface area contributed by atoms with Gasteiger partial charge in [0.1, 0.15) is 12.4 Å². The lowest BCUT2D eigenvalue weighted by molar-refractivity contribution is -0.133. The van der Waals surface area contributed by atoms with Gasteiger partial charge in [-0.05, 0) is 25.0 Å². The Morgan fingerprint density at radius 2 is 2.20 bits per heavy atom. The first kappa shape index (κ1) is 16.1. The fraction of sp³-hybridized carbons (Fsp3) is 0.474. The quantitative estimate of drug-likeness (QED) is 0.928. The molecule has 0 saturated carbocycles. The molecule has 6 heteroatoms. The van der Waals surface area contributed by atoms with Gasteiger partial charge in [0.2, 0.25) is 5.91 Å². The third-order valence-corrected chi connectivity index (χ3v) is 5.13. The monoisotopic (exact) mass is 340 g/mol. The topological polar surface area (TPSA) is 61.5 Å². The zero-order valence-electron chi connectivity index (χ0n) is 14.4. The van der Waals surface area contributed by atoms with Crippen LogP contribution in [0, 0.1) is 0 Å². The van der Waals surface area contributed by atoms with Crippen LogP contribution < -0.4 is 4.74 Å². The summed E-state index contributed by atoms with van der Waals surface area (Å²) in [6.45, 7) is 4.25. The average Bonchev–Trinajstić information content (AvgIpc) is 3.10. The molecule has 1 fully saturated rings. The average molecular weight is 340 g/mol. The zero-order chi connectivity index (χ0) is 17.1. The molecule has 6 nitrogen and oxygen atoms in total. The Bertz CT molecular complexity index is 716. The highest BCUT2D eigenvalue weighted by atomic mass is 16.5. The summed E-state index contributed by atoms with van der Waals surface area (Å²) in [7, 11) is 0. The lowest BCUT2D eigenvalue weighted by atomic mass is 9.95. The van der Waals surface area contributed by atoms with E-state index in [1.165, 1.54) is 0 Å². The van der Waals surface area contributed by atoms with Gasteiger partial charge in [-0.3, -0.25) is 14.8 Å². The highest BCUT2D eigenvalue weighted by Crippen LogP contribution is 2.26. The molecule has 2 aromatic rings. The van der Waals surface area contributed by atoms with Crippen molar-refractivity contribution in [2.24, 2.45) is 0 Å². The van der Waals surface area contributed by atoms with Crippen LogP contribution >= 0.6 is 0 Å². The number of carbonyl (C=O) groups excluding carboxylic acids is 1. The summed E-state index contributed by atoms with van der Waals surface area (Å²) >= 11 is 0. The van der Waals surface area contributed by atoms with E-state index >= 15 is 0 Å². The molecule has 4 rings (SSSR count). The maximum Gasteiger partial charge on any atom is 0.236 e. The van der Waals surface area contributed by atoms with E-state index in [0.717, 1.165) is 56.0 Å². The molecule has 1 N–H and O–H groups in total. The molecule has 132 valence electrons. The van der Waals surface area contributed by atoms with E-state index in [9.17, 15) is 4.79 Å². The largest absolute Gasteiger partial charge is 0.492 e. The molecule has 0 aliphatic carbocycles. The Labute approximate surface area is 147 Å². The Morgan fingerprint density at radius 3 is 3.08 bits per heavy atom. The van der Waals surface area contributed by atoms with E-state index in [0.29, 0.717) is 19.1 Å². The molecule has 1 aromatic heterocycles. The number of carbonyl (C=O) groups is 1. The van der Waals surface area contributed by atoms with E-state index in [1.807, 2.05) is 29.2 Å². The fourth-order valence-corrected chi connectivity index (χ4v) is 3.76. The number of piperidine rings is 1. The molecule has 3 heterocycles. The predicted molar refractivity (Wildman–Crippen MR) is 94.4 cm³/mol. The van der Waals surface area contributed by atoms with E-state index in [2.05, 4.69) is 21.2 Å². The Kier molecular flexibility index (Phi) is 4.70. The number of aromatic nitrogens is 2. The van der Waals surface area contributed by atoms with Crippen LogP contribution in [0.3, 0.4) is 0 Å². The fourth-order valence-electron chi connectivity index (χ4n) is 3.76. The number of hydrogen-bond acceptors (Lipinski definition) is 4. The van der Waals surface area contributed by atoms with E-state index in [4.69, 9.17) is 4.74 Å². The van der Waals surface area contributed by atoms with Crippen LogP contribution in [-0.2, 0) is 11.3 Å². The van der Waals surface area contributed by atoms with Gasteiger partial charge in [0.25, 0.3) is 0 Å². The number of rotatable bonds is 3. The predicted octanol–water partition coefficient (Wildman–Crippen LogP) is 2.01. The van der Waals surface area contributed by atoms with E-state index in [1.54, 1.807) is 6.20 Å². The first-order valence-corrected chi connectivity index (χ1v) is 9.00. The summed E-state index contributed by atoms with van der Waals surface area (Å²) in [5.41, 5.74) is 2.29. The van der Waals surface area contributed by atoms with Crippen molar-refractivity contribution in [3.63, 3.8) is 0 Å². The number of nitrogens with one attached hydrogen (secondary N) is 1. The number of amides is 1. The van der Waals surface area contributed by atoms with Crippen molar-refractivity contribution < 1.29 is 9.53 Å². The van der Waals surface area contributed by atoms with E-state index in [-0.39, 0.29) is 5.91 Å². The van der Waals surface area contributed by atoms with Crippen LogP contribution in [-0.4, -0.2) is 58.7 Å². The van der Waals surface area contributed by atoms with Crippen molar-refractivity contribution in [3.8, 4) is 5.75 Å². The Balaban J connectivity index is 1.38. The number of aromatic amines is 1. The molecule has 0 bridgehead atoms. The van der Waals surface area contributed by atoms with Gasteiger partial charge in [0.05, 0.1) is 6.54 Å². The van der Waals surface area contributed by atoms with E-state index < -0.39 is 0 Å². The summed E-state index contributed by atoms with van der Waals surface area (Å²) in [6.07, 6.45) is 3.93. The third-order valence-electron chi connectivity index (χ3n) is 5.13. The smallest absolute Gasteiger partial charge is 0.236 e. The summed E-state index contributed by atoms with van der Waals surface area (Å²) in [5.74, 6) is 1.52. The summed E-state index contributed by atoms with van der Waals surface area (Å²) < 4.78 is 5.79. The molecule has 1 amide bonds. The number of para-hydroxylation sites is 1. The summed E-state index contributed by atoms with van der Waals surface area (Å²) in [6, 6.07) is 10.1. The molecule has 2 aliphatic rings. The molecule has 1 aromatic carbocycles. The lowest BCUT2D eigenvalue weighted by Crippen LogP contribution is -2.45. The lowest BCUT2D eigenvalue weighted by Gasteiger charge is -2.33. The molecule has 0 radical (unpaired) electrons. The van der Waals surface area contributed by atoms with Gasteiger partial charge < -0.3 is 9.64 Å². The van der Waals surface area contributed by atoms with Gasteiger partial charge in [-0.15, -0.1) is 0 Å². The molecule has 1 atom stereocenters. The third kappa shape index (κ3) is 3.69. The minimum atomic E-state index is 0.212. The van der Waals surface area contributed by atoms with Crippen LogP contribution in [0.1, 0.15) is 30.0 Å². The molecule has 25 heavy (non-hydrogen) atoms. The van der Waals surface area contributed by atoms with Gasteiger partial charge in [0, 0.05) is 49.6 Å². The van der Waals surface area contributed by atoms with Gasteiger partial charge in [-0.1, -0.05) is 18.2 Å². The number of fused-ring (bicyclic) bond motifs is 1. The van der Waals surface area contributed by atoms with Crippen LogP contribution in [0.15, 0.2) is 36.5 Å². The minimum absolute atomic E-state index is 0.212. The second-order valence-corrected chi connectivity index (χ2v) is 6.86. The SMILES string of the molecule is O=C(CN1CCOc2ccccc2C1)N1CCCC(c2ccn[nH]2)C1. The highest BCUT2D eigenvalue weighted by Gasteiger charge is 2.27. The van der Waals surface area contributed by atoms with Crippen molar-refractivity contribution in [2.75, 3.05) is 32.8 Å². The van der Waals surface area contributed by atoms with Gasteiger partial charge in [-0.2, -0.15) is 5.10 Å². The number of hydrogen-bond donors (Lipinski definition) is 1. The first-order valence-electron chi connectivity index (χ1n) is 9.00. The maximum absolute atomic E-state index is 12.8. The first-order chi connectivity index (χ1) is 12.3. The number of likely N-dealkylation sites (tertiary alicyclic amines) is 1. The van der Waals surface area contributed by atoms with Crippen LogP contribution in [0.4, 0.5) is 0 Å². The number of H-pyrrole nitrogens is 1. The van der Waals surface area contributed by atoms with Gasteiger partial charge in [-0.25, -0.2) is 0 Å². The van der Waals surface area contributed by atoms with Crippen molar-refractivity contribution in [3.05, 3.63) is 47.8 Å². The van der Waals surface area contributed by atoms with Crippen molar-refractivity contribution in [2.45, 2.75) is 25.3 Å². The second kappa shape index (κ2) is 7.27. The maximum atomic E-state index is 12.8. The van der Waals surface area contributed by atoms with Gasteiger partial charge >= 0.3 is 0 Å². The summed E-state index contributed by atoms with van der Waals surface area (Å²) in [4.78, 5) is 17.0.